The van der Waals surface area contributed by atoms with Crippen molar-refractivity contribution in [1.29, 1.82) is 0 Å². The summed E-state index contributed by atoms with van der Waals surface area (Å²) in [5.74, 6) is 0.854. The van der Waals surface area contributed by atoms with E-state index in [4.69, 9.17) is 5.73 Å². The Morgan fingerprint density at radius 1 is 1.50 bits per heavy atom. The summed E-state index contributed by atoms with van der Waals surface area (Å²) in [5, 5.41) is 3.24. The average Bonchev–Trinajstić information content (AvgIpc) is 2.76. The molecule has 3 N–H and O–H groups in total. The molecule has 2 aromatic heterocycles. The molecule has 2 heterocycles. The molecule has 0 aromatic carbocycles. The van der Waals surface area contributed by atoms with E-state index in [1.54, 1.807) is 18.7 Å². The first-order valence-electron chi connectivity index (χ1n) is 5.17. The average molecular weight is 217 g/mol. The molecule has 0 fully saturated rings. The molecule has 0 bridgehead atoms. The largest absolute Gasteiger partial charge is 0.397 e. The molecule has 0 aliphatic heterocycles. The van der Waals surface area contributed by atoms with Crippen molar-refractivity contribution < 1.29 is 0 Å². The third-order valence-electron chi connectivity index (χ3n) is 2.39. The van der Waals surface area contributed by atoms with Gasteiger partial charge in [-0.05, 0) is 18.6 Å². The highest BCUT2D eigenvalue weighted by Crippen LogP contribution is 2.12. The van der Waals surface area contributed by atoms with E-state index in [0.717, 1.165) is 30.2 Å². The SMILES string of the molecule is Cc1cc(NCCn2ccnc2)ncc1N. The van der Waals surface area contributed by atoms with Crippen LogP contribution in [0.15, 0.2) is 31.0 Å². The molecule has 5 nitrogen and oxygen atoms in total. The second-order valence-corrected chi connectivity index (χ2v) is 3.65. The van der Waals surface area contributed by atoms with Gasteiger partial charge in [-0.3, -0.25) is 0 Å². The minimum absolute atomic E-state index is 0.722. The van der Waals surface area contributed by atoms with Gasteiger partial charge in [0.05, 0.1) is 18.2 Å². The molecular formula is C11H15N5. The number of hydrogen-bond donors (Lipinski definition) is 2. The molecule has 84 valence electrons. The second kappa shape index (κ2) is 4.65. The summed E-state index contributed by atoms with van der Waals surface area (Å²) in [5.41, 5.74) is 7.46. The van der Waals surface area contributed by atoms with Gasteiger partial charge in [-0.2, -0.15) is 0 Å². The van der Waals surface area contributed by atoms with Crippen LogP contribution in [0.4, 0.5) is 11.5 Å². The Kier molecular flexibility index (Phi) is 3.05. The van der Waals surface area contributed by atoms with Crippen LogP contribution in [-0.2, 0) is 6.54 Å². The quantitative estimate of drug-likeness (QED) is 0.809. The van der Waals surface area contributed by atoms with Crippen molar-refractivity contribution in [2.24, 2.45) is 0 Å². The fourth-order valence-corrected chi connectivity index (χ4v) is 1.40. The van der Waals surface area contributed by atoms with Crippen LogP contribution in [-0.4, -0.2) is 21.1 Å². The number of aromatic nitrogens is 3. The van der Waals surface area contributed by atoms with Gasteiger partial charge >= 0.3 is 0 Å². The molecule has 2 rings (SSSR count). The molecular weight excluding hydrogens is 202 g/mol. The lowest BCUT2D eigenvalue weighted by Gasteiger charge is -2.07. The summed E-state index contributed by atoms with van der Waals surface area (Å²) in [6, 6.07) is 1.95. The van der Waals surface area contributed by atoms with E-state index in [-0.39, 0.29) is 0 Å². The van der Waals surface area contributed by atoms with Crippen molar-refractivity contribution >= 4 is 11.5 Å². The van der Waals surface area contributed by atoms with Gasteiger partial charge in [0.1, 0.15) is 5.82 Å². The molecule has 0 aliphatic carbocycles. The normalized spacial score (nSPS) is 10.3. The zero-order valence-corrected chi connectivity index (χ0v) is 9.22. The molecule has 0 unspecified atom stereocenters. The summed E-state index contributed by atoms with van der Waals surface area (Å²) in [7, 11) is 0. The Morgan fingerprint density at radius 3 is 3.06 bits per heavy atom. The van der Waals surface area contributed by atoms with Crippen molar-refractivity contribution in [3.8, 4) is 0 Å². The van der Waals surface area contributed by atoms with E-state index in [1.807, 2.05) is 23.8 Å². The first kappa shape index (κ1) is 10.5. The third-order valence-corrected chi connectivity index (χ3v) is 2.39. The lowest BCUT2D eigenvalue weighted by molar-refractivity contribution is 0.725. The lowest BCUT2D eigenvalue weighted by atomic mass is 10.2. The molecule has 0 saturated carbocycles. The van der Waals surface area contributed by atoms with Crippen molar-refractivity contribution in [1.82, 2.24) is 14.5 Å². The molecule has 0 saturated heterocycles. The summed E-state index contributed by atoms with van der Waals surface area (Å²) in [6.45, 7) is 3.65. The van der Waals surface area contributed by atoms with Crippen LogP contribution in [0.25, 0.3) is 0 Å². The molecule has 5 heteroatoms. The Morgan fingerprint density at radius 2 is 2.38 bits per heavy atom. The lowest BCUT2D eigenvalue weighted by Crippen LogP contribution is -2.10. The van der Waals surface area contributed by atoms with Crippen LogP contribution < -0.4 is 11.1 Å². The zero-order chi connectivity index (χ0) is 11.4. The Bertz CT molecular complexity index is 449. The fourth-order valence-electron chi connectivity index (χ4n) is 1.40. The summed E-state index contributed by atoms with van der Waals surface area (Å²) < 4.78 is 2.01. The van der Waals surface area contributed by atoms with E-state index in [9.17, 15) is 0 Å². The number of hydrogen-bond acceptors (Lipinski definition) is 4. The van der Waals surface area contributed by atoms with Crippen LogP contribution in [0.1, 0.15) is 5.56 Å². The number of aryl methyl sites for hydroxylation is 1. The Labute approximate surface area is 94.3 Å². The van der Waals surface area contributed by atoms with Crippen LogP contribution in [0.5, 0.6) is 0 Å². The van der Waals surface area contributed by atoms with Crippen LogP contribution in [0.2, 0.25) is 0 Å². The minimum Gasteiger partial charge on any atom is -0.397 e. The standard InChI is InChI=1S/C11H15N5/c1-9-6-11(15-7-10(9)12)14-3-5-16-4-2-13-8-16/h2,4,6-8H,3,5,12H2,1H3,(H,14,15). The Balaban J connectivity index is 1.87. The molecule has 0 spiro atoms. The maximum atomic E-state index is 5.69. The summed E-state index contributed by atoms with van der Waals surface area (Å²) >= 11 is 0. The first-order valence-corrected chi connectivity index (χ1v) is 5.17. The van der Waals surface area contributed by atoms with E-state index >= 15 is 0 Å². The maximum absolute atomic E-state index is 5.69. The number of nitrogen functional groups attached to an aromatic ring is 1. The fraction of sp³-hybridized carbons (Fsp3) is 0.273. The maximum Gasteiger partial charge on any atom is 0.126 e. The Hall–Kier alpha value is -2.04. The molecule has 0 aliphatic rings. The number of rotatable bonds is 4. The number of nitrogens with one attached hydrogen (secondary N) is 1. The number of nitrogens with two attached hydrogens (primary N) is 1. The van der Waals surface area contributed by atoms with Gasteiger partial charge in [0.15, 0.2) is 0 Å². The van der Waals surface area contributed by atoms with Crippen LogP contribution in [0.3, 0.4) is 0 Å². The first-order chi connectivity index (χ1) is 7.75. The second-order valence-electron chi connectivity index (χ2n) is 3.65. The number of anilines is 2. The van der Waals surface area contributed by atoms with Crippen molar-refractivity contribution in [2.75, 3.05) is 17.6 Å². The number of pyridine rings is 1. The predicted molar refractivity (Wildman–Crippen MR) is 64.1 cm³/mol. The van der Waals surface area contributed by atoms with E-state index in [1.165, 1.54) is 0 Å². The van der Waals surface area contributed by atoms with Crippen molar-refractivity contribution in [3.63, 3.8) is 0 Å². The van der Waals surface area contributed by atoms with E-state index < -0.39 is 0 Å². The monoisotopic (exact) mass is 217 g/mol. The predicted octanol–water partition coefficient (Wildman–Crippen LogP) is 1.28. The van der Waals surface area contributed by atoms with Gasteiger partial charge < -0.3 is 15.6 Å². The molecule has 0 amide bonds. The molecule has 0 atom stereocenters. The topological polar surface area (TPSA) is 68.8 Å². The summed E-state index contributed by atoms with van der Waals surface area (Å²) in [4.78, 5) is 8.17. The van der Waals surface area contributed by atoms with Crippen LogP contribution >= 0.6 is 0 Å². The van der Waals surface area contributed by atoms with Gasteiger partial charge in [-0.25, -0.2) is 9.97 Å². The van der Waals surface area contributed by atoms with E-state index in [0.29, 0.717) is 0 Å². The van der Waals surface area contributed by atoms with Gasteiger partial charge in [0.2, 0.25) is 0 Å². The van der Waals surface area contributed by atoms with Gasteiger partial charge in [-0.15, -0.1) is 0 Å². The molecule has 0 radical (unpaired) electrons. The van der Waals surface area contributed by atoms with Gasteiger partial charge in [0, 0.05) is 25.5 Å². The third kappa shape index (κ3) is 2.50. The highest BCUT2D eigenvalue weighted by atomic mass is 15.1. The summed E-state index contributed by atoms with van der Waals surface area (Å²) in [6.07, 6.45) is 7.17. The highest BCUT2D eigenvalue weighted by molar-refractivity contribution is 5.50. The van der Waals surface area contributed by atoms with Crippen molar-refractivity contribution in [3.05, 3.63) is 36.5 Å². The van der Waals surface area contributed by atoms with Gasteiger partial charge in [-0.1, -0.05) is 0 Å². The molecule has 16 heavy (non-hydrogen) atoms. The minimum atomic E-state index is 0.722. The molecule has 2 aromatic rings. The number of nitrogens with zero attached hydrogens (tertiary/aromatic N) is 3. The van der Waals surface area contributed by atoms with Gasteiger partial charge in [0.25, 0.3) is 0 Å². The van der Waals surface area contributed by atoms with E-state index in [2.05, 4.69) is 15.3 Å². The highest BCUT2D eigenvalue weighted by Gasteiger charge is 1.97. The van der Waals surface area contributed by atoms with Crippen LogP contribution in [0, 0.1) is 6.92 Å². The number of imidazole rings is 1. The smallest absolute Gasteiger partial charge is 0.126 e. The zero-order valence-electron chi connectivity index (χ0n) is 9.22. The van der Waals surface area contributed by atoms with Crippen molar-refractivity contribution in [2.45, 2.75) is 13.5 Å².